The van der Waals surface area contributed by atoms with E-state index in [9.17, 15) is 22.8 Å². The second-order valence-electron chi connectivity index (χ2n) is 8.65. The molecule has 2 heterocycles. The Morgan fingerprint density at radius 2 is 1.77 bits per heavy atom. The highest BCUT2D eigenvalue weighted by molar-refractivity contribution is 8.01. The predicted molar refractivity (Wildman–Crippen MR) is 130 cm³/mol. The van der Waals surface area contributed by atoms with Crippen molar-refractivity contribution in [2.45, 2.75) is 25.3 Å². The Bertz CT molecular complexity index is 1350. The summed E-state index contributed by atoms with van der Waals surface area (Å²) in [4.78, 5) is 28.7. The molecular formula is C26H22F3N3O2S. The monoisotopic (exact) mass is 497 g/mol. The molecule has 5 nitrogen and oxygen atoms in total. The first-order chi connectivity index (χ1) is 16.7. The van der Waals surface area contributed by atoms with Gasteiger partial charge in [-0.2, -0.15) is 0 Å². The number of nitrogens with zero attached hydrogens (tertiary/aromatic N) is 2. The summed E-state index contributed by atoms with van der Waals surface area (Å²) in [6.07, 6.45) is 0. The maximum absolute atomic E-state index is 14.5. The van der Waals surface area contributed by atoms with Crippen LogP contribution in [-0.2, 0) is 16.2 Å². The molecule has 2 aliphatic heterocycles. The van der Waals surface area contributed by atoms with Gasteiger partial charge in [0.2, 0.25) is 0 Å². The molecule has 0 aliphatic carbocycles. The number of aryl methyl sites for hydroxylation is 2. The molecule has 0 bridgehead atoms. The average molecular weight is 498 g/mol. The Kier molecular flexibility index (Phi) is 5.75. The molecule has 3 aromatic carbocycles. The third-order valence-corrected chi connectivity index (χ3v) is 7.81. The number of hydrogen-bond donors (Lipinski definition) is 1. The topological polar surface area (TPSA) is 52.7 Å². The van der Waals surface area contributed by atoms with E-state index in [2.05, 4.69) is 5.32 Å². The van der Waals surface area contributed by atoms with Crippen molar-refractivity contribution in [2.75, 3.05) is 22.5 Å². The van der Waals surface area contributed by atoms with Gasteiger partial charge in [0.15, 0.2) is 4.87 Å². The Morgan fingerprint density at radius 3 is 2.49 bits per heavy atom. The average Bonchev–Trinajstić information content (AvgIpc) is 3.35. The molecule has 3 amide bonds. The van der Waals surface area contributed by atoms with Gasteiger partial charge in [-0.25, -0.2) is 18.0 Å². The van der Waals surface area contributed by atoms with E-state index in [1.165, 1.54) is 33.7 Å². The minimum Gasteiger partial charge on any atom is -0.308 e. The molecule has 5 rings (SSSR count). The number of carbonyl (C=O) groups is 2. The van der Waals surface area contributed by atoms with Crippen LogP contribution < -0.4 is 10.2 Å². The van der Waals surface area contributed by atoms with Gasteiger partial charge in [0.1, 0.15) is 17.5 Å². The molecule has 1 fully saturated rings. The van der Waals surface area contributed by atoms with Crippen molar-refractivity contribution in [1.82, 2.24) is 4.90 Å². The lowest BCUT2D eigenvalue weighted by Gasteiger charge is -2.33. The van der Waals surface area contributed by atoms with Gasteiger partial charge in [0.05, 0.1) is 12.2 Å². The molecular weight excluding hydrogens is 475 g/mol. The molecule has 1 spiro atoms. The van der Waals surface area contributed by atoms with Crippen LogP contribution in [0.15, 0.2) is 54.6 Å². The number of carbonyl (C=O) groups excluding carboxylic acids is 2. The van der Waals surface area contributed by atoms with Crippen molar-refractivity contribution in [3.63, 3.8) is 0 Å². The van der Waals surface area contributed by atoms with E-state index in [-0.39, 0.29) is 24.3 Å². The van der Waals surface area contributed by atoms with E-state index >= 15 is 0 Å². The number of amides is 3. The first-order valence-electron chi connectivity index (χ1n) is 11.1. The zero-order valence-electron chi connectivity index (χ0n) is 19.1. The van der Waals surface area contributed by atoms with Gasteiger partial charge < -0.3 is 10.2 Å². The van der Waals surface area contributed by atoms with Crippen LogP contribution in [0.25, 0.3) is 0 Å². The third kappa shape index (κ3) is 3.74. The van der Waals surface area contributed by atoms with Crippen molar-refractivity contribution in [1.29, 1.82) is 0 Å². The molecule has 1 N–H and O–H groups in total. The summed E-state index contributed by atoms with van der Waals surface area (Å²) in [5, 5.41) is 2.69. The lowest BCUT2D eigenvalue weighted by Crippen LogP contribution is -2.51. The number of halogens is 3. The molecule has 0 radical (unpaired) electrons. The van der Waals surface area contributed by atoms with Crippen LogP contribution in [0.2, 0.25) is 0 Å². The van der Waals surface area contributed by atoms with Gasteiger partial charge in [0, 0.05) is 29.1 Å². The first-order valence-corrected chi connectivity index (χ1v) is 12.1. The van der Waals surface area contributed by atoms with Gasteiger partial charge in [-0.3, -0.25) is 9.69 Å². The van der Waals surface area contributed by atoms with E-state index in [0.29, 0.717) is 22.6 Å². The molecule has 1 saturated heterocycles. The van der Waals surface area contributed by atoms with Gasteiger partial charge >= 0.3 is 6.03 Å². The molecule has 1 atom stereocenters. The number of rotatable bonds is 3. The summed E-state index contributed by atoms with van der Waals surface area (Å²) in [6.45, 7) is 3.45. The zero-order valence-corrected chi connectivity index (χ0v) is 19.9. The van der Waals surface area contributed by atoms with E-state index in [4.69, 9.17) is 0 Å². The molecule has 0 aromatic heterocycles. The molecule has 35 heavy (non-hydrogen) atoms. The number of thioether (sulfide) groups is 1. The van der Waals surface area contributed by atoms with E-state index in [1.54, 1.807) is 25.1 Å². The predicted octanol–water partition coefficient (Wildman–Crippen LogP) is 5.70. The summed E-state index contributed by atoms with van der Waals surface area (Å²) in [7, 11) is 0. The van der Waals surface area contributed by atoms with Crippen molar-refractivity contribution >= 4 is 35.1 Å². The number of hydrogen-bond acceptors (Lipinski definition) is 3. The Hall–Kier alpha value is -3.46. The number of anilines is 2. The van der Waals surface area contributed by atoms with Crippen LogP contribution in [0.3, 0.4) is 0 Å². The standard InChI is InChI=1S/C26H22F3N3O2S/c1-15-6-9-23-19(12-15)26(24(33)31(23)14-18-20(27)4-3-5-21(18)28)32(10-11-35-26)25(34)30-17-8-7-16(2)22(29)13-17/h3-9,12-13H,10-11,14H2,1-2H3,(H,30,34). The molecule has 0 saturated carbocycles. The summed E-state index contributed by atoms with van der Waals surface area (Å²) < 4.78 is 43.0. The SMILES string of the molecule is Cc1ccc2c(c1)C1(SCCN1C(=O)Nc1ccc(C)c(F)c1)C(=O)N2Cc1c(F)cccc1F. The number of benzene rings is 3. The molecule has 3 aromatic rings. The highest BCUT2D eigenvalue weighted by atomic mass is 32.2. The number of fused-ring (bicyclic) bond motifs is 2. The third-order valence-electron chi connectivity index (χ3n) is 6.40. The number of urea groups is 1. The van der Waals surface area contributed by atoms with Gasteiger partial charge in [-0.15, -0.1) is 11.8 Å². The highest BCUT2D eigenvalue weighted by Crippen LogP contribution is 2.54. The minimum atomic E-state index is -1.39. The largest absolute Gasteiger partial charge is 0.323 e. The van der Waals surface area contributed by atoms with Gasteiger partial charge in [0.25, 0.3) is 5.91 Å². The summed E-state index contributed by atoms with van der Waals surface area (Å²) in [5.74, 6) is -1.92. The zero-order chi connectivity index (χ0) is 24.9. The first kappa shape index (κ1) is 23.3. The number of nitrogens with one attached hydrogen (secondary N) is 1. The van der Waals surface area contributed by atoms with E-state index in [1.807, 2.05) is 19.1 Å². The summed E-state index contributed by atoms with van der Waals surface area (Å²) in [6, 6.07) is 12.8. The fourth-order valence-corrected chi connectivity index (χ4v) is 6.04. The van der Waals surface area contributed by atoms with Crippen LogP contribution in [0.1, 0.15) is 22.3 Å². The van der Waals surface area contributed by atoms with Crippen molar-refractivity contribution in [3.05, 3.63) is 94.3 Å². The van der Waals surface area contributed by atoms with E-state index < -0.39 is 34.3 Å². The van der Waals surface area contributed by atoms with Crippen LogP contribution >= 0.6 is 11.8 Å². The highest BCUT2D eigenvalue weighted by Gasteiger charge is 2.59. The maximum Gasteiger partial charge on any atom is 0.323 e. The lowest BCUT2D eigenvalue weighted by molar-refractivity contribution is -0.123. The van der Waals surface area contributed by atoms with E-state index in [0.717, 1.165) is 17.7 Å². The maximum atomic E-state index is 14.5. The normalized spacial score (nSPS) is 18.9. The van der Waals surface area contributed by atoms with Gasteiger partial charge in [-0.1, -0.05) is 29.8 Å². The van der Waals surface area contributed by atoms with Crippen molar-refractivity contribution in [2.24, 2.45) is 0 Å². The lowest BCUT2D eigenvalue weighted by atomic mass is 10.0. The summed E-state index contributed by atoms with van der Waals surface area (Å²) in [5.41, 5.74) is 2.46. The second-order valence-corrected chi connectivity index (χ2v) is 9.94. The fourth-order valence-electron chi connectivity index (χ4n) is 4.59. The Labute approximate surface area is 204 Å². The Balaban J connectivity index is 1.55. The van der Waals surface area contributed by atoms with Crippen molar-refractivity contribution in [3.8, 4) is 0 Å². The van der Waals surface area contributed by atoms with Crippen LogP contribution in [-0.4, -0.2) is 29.1 Å². The smallest absolute Gasteiger partial charge is 0.308 e. The van der Waals surface area contributed by atoms with Crippen LogP contribution in [0.5, 0.6) is 0 Å². The molecule has 2 aliphatic rings. The van der Waals surface area contributed by atoms with Gasteiger partial charge in [-0.05, 0) is 49.7 Å². The molecule has 180 valence electrons. The summed E-state index contributed by atoms with van der Waals surface area (Å²) >= 11 is 1.30. The minimum absolute atomic E-state index is 0.224. The van der Waals surface area contributed by atoms with Crippen molar-refractivity contribution < 1.29 is 22.8 Å². The molecule has 1 unspecified atom stereocenters. The fraction of sp³-hybridized carbons (Fsp3) is 0.231. The van der Waals surface area contributed by atoms with Crippen LogP contribution in [0.4, 0.5) is 29.3 Å². The molecule has 9 heteroatoms. The van der Waals surface area contributed by atoms with Crippen LogP contribution in [0, 0.1) is 31.3 Å². The Morgan fingerprint density at radius 1 is 1.03 bits per heavy atom. The second kappa shape index (κ2) is 8.64. The quantitative estimate of drug-likeness (QED) is 0.505.